The second-order valence-corrected chi connectivity index (χ2v) is 5.42. The van der Waals surface area contributed by atoms with Gasteiger partial charge in [-0.25, -0.2) is 4.39 Å². The zero-order valence-corrected chi connectivity index (χ0v) is 12.3. The van der Waals surface area contributed by atoms with Gasteiger partial charge in [-0.15, -0.1) is 0 Å². The number of ketones is 1. The number of carbonyl (C=O) groups excluding carboxylic acids is 2. The summed E-state index contributed by atoms with van der Waals surface area (Å²) < 4.78 is 13.1. The number of rotatable bonds is 2. The number of nitrogens with one attached hydrogen (secondary N) is 1. The summed E-state index contributed by atoms with van der Waals surface area (Å²) in [6, 6.07) is 11.6. The highest BCUT2D eigenvalue weighted by molar-refractivity contribution is 6.46. The van der Waals surface area contributed by atoms with Crippen molar-refractivity contribution in [1.82, 2.24) is 5.32 Å². The first kappa shape index (κ1) is 15.0. The molecular weight excluding hydrogens is 297 g/mol. The van der Waals surface area contributed by atoms with Crippen LogP contribution in [0.25, 0.3) is 5.76 Å². The zero-order valence-electron chi connectivity index (χ0n) is 12.3. The summed E-state index contributed by atoms with van der Waals surface area (Å²) in [7, 11) is 0. The molecule has 2 N–H and O–H groups in total. The van der Waals surface area contributed by atoms with E-state index in [1.807, 2.05) is 6.92 Å². The summed E-state index contributed by atoms with van der Waals surface area (Å²) in [6.45, 7) is 1.90. The molecule has 0 saturated carbocycles. The first-order valence-corrected chi connectivity index (χ1v) is 7.08. The lowest BCUT2D eigenvalue weighted by Gasteiger charge is -2.13. The second-order valence-electron chi connectivity index (χ2n) is 5.42. The number of aliphatic hydroxyl groups excluding tert-OH is 1. The van der Waals surface area contributed by atoms with E-state index in [9.17, 15) is 19.1 Å². The second kappa shape index (κ2) is 5.68. The smallest absolute Gasteiger partial charge is 0.293 e. The van der Waals surface area contributed by atoms with Gasteiger partial charge in [0.2, 0.25) is 0 Å². The Balaban J connectivity index is 2.10. The number of aliphatic hydroxyl groups is 1. The van der Waals surface area contributed by atoms with Crippen LogP contribution >= 0.6 is 0 Å². The van der Waals surface area contributed by atoms with E-state index in [1.54, 1.807) is 24.3 Å². The predicted molar refractivity (Wildman–Crippen MR) is 83.0 cm³/mol. The van der Waals surface area contributed by atoms with Crippen molar-refractivity contribution in [3.8, 4) is 0 Å². The molecule has 0 radical (unpaired) electrons. The predicted octanol–water partition coefficient (Wildman–Crippen LogP) is 2.84. The Morgan fingerprint density at radius 1 is 1.04 bits per heavy atom. The molecule has 1 atom stereocenters. The van der Waals surface area contributed by atoms with Crippen molar-refractivity contribution in [2.45, 2.75) is 13.0 Å². The molecule has 1 aliphatic heterocycles. The maximum atomic E-state index is 13.1. The lowest BCUT2D eigenvalue weighted by molar-refractivity contribution is -0.133. The molecule has 1 saturated heterocycles. The fourth-order valence-corrected chi connectivity index (χ4v) is 2.54. The zero-order chi connectivity index (χ0) is 16.6. The topological polar surface area (TPSA) is 66.4 Å². The normalized spacial score (nSPS) is 19.7. The van der Waals surface area contributed by atoms with E-state index in [1.165, 1.54) is 24.3 Å². The molecule has 2 aromatic carbocycles. The van der Waals surface area contributed by atoms with Crippen molar-refractivity contribution < 1.29 is 19.1 Å². The largest absolute Gasteiger partial charge is 0.507 e. The van der Waals surface area contributed by atoms with Gasteiger partial charge in [0.05, 0.1) is 11.6 Å². The third-order valence-electron chi connectivity index (χ3n) is 3.80. The van der Waals surface area contributed by atoms with Crippen molar-refractivity contribution in [1.29, 1.82) is 0 Å². The highest BCUT2D eigenvalue weighted by Gasteiger charge is 2.39. The average Bonchev–Trinajstić information content (AvgIpc) is 2.84. The van der Waals surface area contributed by atoms with Crippen molar-refractivity contribution >= 4 is 17.4 Å². The Bertz CT molecular complexity index is 807. The Kier molecular flexibility index (Phi) is 3.70. The van der Waals surface area contributed by atoms with Crippen molar-refractivity contribution in [2.75, 3.05) is 0 Å². The minimum atomic E-state index is -0.795. The molecule has 0 spiro atoms. The minimum Gasteiger partial charge on any atom is -0.507 e. The van der Waals surface area contributed by atoms with Gasteiger partial charge < -0.3 is 10.4 Å². The molecule has 5 heteroatoms. The number of halogens is 1. The van der Waals surface area contributed by atoms with Gasteiger partial charge in [-0.05, 0) is 24.6 Å². The van der Waals surface area contributed by atoms with E-state index in [4.69, 9.17) is 0 Å². The Labute approximate surface area is 132 Å². The summed E-state index contributed by atoms with van der Waals surface area (Å²) in [5.74, 6) is -2.23. The van der Waals surface area contributed by atoms with Gasteiger partial charge >= 0.3 is 0 Å². The maximum Gasteiger partial charge on any atom is 0.293 e. The molecule has 0 aromatic heterocycles. The van der Waals surface area contributed by atoms with Gasteiger partial charge in [-0.3, -0.25) is 9.59 Å². The average molecular weight is 311 g/mol. The molecule has 0 bridgehead atoms. The molecule has 1 fully saturated rings. The highest BCUT2D eigenvalue weighted by Crippen LogP contribution is 2.32. The van der Waals surface area contributed by atoms with E-state index < -0.39 is 23.5 Å². The number of amides is 1. The van der Waals surface area contributed by atoms with Crippen LogP contribution in [-0.4, -0.2) is 16.8 Å². The number of benzene rings is 2. The van der Waals surface area contributed by atoms with Crippen molar-refractivity contribution in [3.63, 3.8) is 0 Å². The molecule has 1 heterocycles. The van der Waals surface area contributed by atoms with Crippen LogP contribution in [0, 0.1) is 12.7 Å². The summed E-state index contributed by atoms with van der Waals surface area (Å²) in [5, 5.41) is 13.0. The van der Waals surface area contributed by atoms with Gasteiger partial charge in [0, 0.05) is 5.56 Å². The van der Waals surface area contributed by atoms with Gasteiger partial charge in [0.15, 0.2) is 0 Å². The molecule has 4 nitrogen and oxygen atoms in total. The fourth-order valence-electron chi connectivity index (χ4n) is 2.54. The molecule has 116 valence electrons. The van der Waals surface area contributed by atoms with Crippen LogP contribution in [0.3, 0.4) is 0 Å². The van der Waals surface area contributed by atoms with Crippen LogP contribution in [0.5, 0.6) is 0 Å². The highest BCUT2D eigenvalue weighted by atomic mass is 19.1. The molecular formula is C18H14FNO3. The van der Waals surface area contributed by atoms with E-state index in [0.29, 0.717) is 11.1 Å². The SMILES string of the molecule is Cc1ccc(/C(O)=C2/C(=O)C(=O)NC2c2ccc(F)cc2)cc1. The number of hydrogen-bond acceptors (Lipinski definition) is 3. The first-order chi connectivity index (χ1) is 11.0. The summed E-state index contributed by atoms with van der Waals surface area (Å²) >= 11 is 0. The molecule has 23 heavy (non-hydrogen) atoms. The monoisotopic (exact) mass is 311 g/mol. The summed E-state index contributed by atoms with van der Waals surface area (Å²) in [6.07, 6.45) is 0. The number of carbonyl (C=O) groups is 2. The van der Waals surface area contributed by atoms with E-state index in [0.717, 1.165) is 5.56 Å². The van der Waals surface area contributed by atoms with Crippen LogP contribution in [0.4, 0.5) is 4.39 Å². The summed E-state index contributed by atoms with van der Waals surface area (Å²) in [4.78, 5) is 23.9. The molecule has 1 unspecified atom stereocenters. The third kappa shape index (κ3) is 2.73. The summed E-state index contributed by atoms with van der Waals surface area (Å²) in [5.41, 5.74) is 1.96. The maximum absolute atomic E-state index is 13.1. The number of Topliss-reactive ketones (excluding diaryl/α,β-unsaturated/α-hetero) is 1. The van der Waals surface area contributed by atoms with Gasteiger partial charge in [0.25, 0.3) is 11.7 Å². The Morgan fingerprint density at radius 3 is 2.26 bits per heavy atom. The standard InChI is InChI=1S/C18H14FNO3/c1-10-2-4-12(5-3-10)16(21)14-15(20-18(23)17(14)22)11-6-8-13(19)9-7-11/h2-9,15,21H,1H3,(H,20,23)/b16-14-. The van der Waals surface area contributed by atoms with Gasteiger partial charge in [-0.1, -0.05) is 42.0 Å². The quantitative estimate of drug-likeness (QED) is 0.509. The van der Waals surface area contributed by atoms with Crippen LogP contribution in [-0.2, 0) is 9.59 Å². The van der Waals surface area contributed by atoms with Crippen LogP contribution < -0.4 is 5.32 Å². The number of hydrogen-bond donors (Lipinski definition) is 2. The number of aryl methyl sites for hydroxylation is 1. The third-order valence-corrected chi connectivity index (χ3v) is 3.80. The minimum absolute atomic E-state index is 0.0227. The lowest BCUT2D eigenvalue weighted by Crippen LogP contribution is -2.21. The molecule has 0 aliphatic carbocycles. The molecule has 1 aliphatic rings. The van der Waals surface area contributed by atoms with Crippen LogP contribution in [0.1, 0.15) is 22.7 Å². The lowest BCUT2D eigenvalue weighted by atomic mass is 9.95. The Morgan fingerprint density at radius 2 is 1.65 bits per heavy atom. The van der Waals surface area contributed by atoms with Gasteiger partial charge in [-0.2, -0.15) is 0 Å². The van der Waals surface area contributed by atoms with E-state index in [-0.39, 0.29) is 11.3 Å². The molecule has 2 aromatic rings. The van der Waals surface area contributed by atoms with E-state index in [2.05, 4.69) is 5.32 Å². The van der Waals surface area contributed by atoms with E-state index >= 15 is 0 Å². The van der Waals surface area contributed by atoms with Crippen molar-refractivity contribution in [3.05, 3.63) is 76.6 Å². The first-order valence-electron chi connectivity index (χ1n) is 7.08. The fraction of sp³-hybridized carbons (Fsp3) is 0.111. The van der Waals surface area contributed by atoms with Crippen molar-refractivity contribution in [2.24, 2.45) is 0 Å². The molecule has 1 amide bonds. The van der Waals surface area contributed by atoms with Crippen LogP contribution in [0.2, 0.25) is 0 Å². The Hall–Kier alpha value is -2.95. The van der Waals surface area contributed by atoms with Gasteiger partial charge in [0.1, 0.15) is 11.6 Å². The van der Waals surface area contributed by atoms with Crippen LogP contribution in [0.15, 0.2) is 54.1 Å². The molecule has 3 rings (SSSR count).